The van der Waals surface area contributed by atoms with Crippen molar-refractivity contribution in [1.82, 2.24) is 4.90 Å². The number of amides is 1. The standard InChI is InChI=1S/C18H19NO5S/c1-12(20)19-14(11-25-17(19)16-8-5-9-23-16)18(21)24-10-13-6-3-4-7-15(13)22-2/h3-9,14,17H,10-11H2,1-2H3/t14-,17+/m1/s1. The highest BCUT2D eigenvalue weighted by Gasteiger charge is 2.43. The largest absolute Gasteiger partial charge is 0.496 e. The number of carbonyl (C=O) groups is 2. The number of para-hydroxylation sites is 1. The van der Waals surface area contributed by atoms with Gasteiger partial charge in [0.2, 0.25) is 5.91 Å². The normalized spacial score (nSPS) is 19.7. The number of ether oxygens (including phenoxy) is 2. The number of hydrogen-bond acceptors (Lipinski definition) is 6. The van der Waals surface area contributed by atoms with Gasteiger partial charge in [0.25, 0.3) is 0 Å². The van der Waals surface area contributed by atoms with Crippen molar-refractivity contribution in [3.63, 3.8) is 0 Å². The van der Waals surface area contributed by atoms with Crippen LogP contribution in [0.3, 0.4) is 0 Å². The molecule has 2 heterocycles. The molecule has 2 aromatic rings. The SMILES string of the molecule is COc1ccccc1COC(=O)[C@H]1CS[C@@H](c2ccco2)N1C(C)=O. The Kier molecular flexibility index (Phi) is 5.33. The van der Waals surface area contributed by atoms with E-state index in [1.165, 1.54) is 23.6 Å². The lowest BCUT2D eigenvalue weighted by Gasteiger charge is -2.25. The van der Waals surface area contributed by atoms with Gasteiger partial charge in [-0.15, -0.1) is 11.8 Å². The number of carbonyl (C=O) groups excluding carboxylic acids is 2. The Labute approximate surface area is 150 Å². The van der Waals surface area contributed by atoms with Gasteiger partial charge in [-0.1, -0.05) is 18.2 Å². The summed E-state index contributed by atoms with van der Waals surface area (Å²) in [7, 11) is 1.57. The van der Waals surface area contributed by atoms with E-state index in [1.807, 2.05) is 24.3 Å². The van der Waals surface area contributed by atoms with Crippen molar-refractivity contribution < 1.29 is 23.5 Å². The Morgan fingerprint density at radius 1 is 1.28 bits per heavy atom. The predicted octanol–water partition coefficient (Wildman–Crippen LogP) is 2.99. The fourth-order valence-corrected chi connectivity index (χ4v) is 4.21. The van der Waals surface area contributed by atoms with Crippen molar-refractivity contribution in [2.45, 2.75) is 24.9 Å². The molecule has 1 amide bonds. The third kappa shape index (κ3) is 3.66. The van der Waals surface area contributed by atoms with Gasteiger partial charge >= 0.3 is 5.97 Å². The first-order valence-electron chi connectivity index (χ1n) is 7.84. The summed E-state index contributed by atoms with van der Waals surface area (Å²) in [5.41, 5.74) is 0.779. The lowest BCUT2D eigenvalue weighted by atomic mass is 10.2. The topological polar surface area (TPSA) is 69.0 Å². The number of benzene rings is 1. The molecule has 0 unspecified atom stereocenters. The van der Waals surface area contributed by atoms with E-state index in [0.717, 1.165) is 5.56 Å². The number of thioether (sulfide) groups is 1. The van der Waals surface area contributed by atoms with Crippen LogP contribution < -0.4 is 4.74 Å². The Balaban J connectivity index is 1.70. The highest BCUT2D eigenvalue weighted by atomic mass is 32.2. The van der Waals surface area contributed by atoms with Gasteiger partial charge in [0.15, 0.2) is 0 Å². The summed E-state index contributed by atoms with van der Waals surface area (Å²) in [5, 5.41) is -0.309. The molecule has 0 spiro atoms. The van der Waals surface area contributed by atoms with E-state index in [-0.39, 0.29) is 17.9 Å². The maximum absolute atomic E-state index is 12.5. The average molecular weight is 361 g/mol. The molecule has 7 heteroatoms. The predicted molar refractivity (Wildman–Crippen MR) is 93.0 cm³/mol. The molecule has 1 saturated heterocycles. The van der Waals surface area contributed by atoms with E-state index >= 15 is 0 Å². The van der Waals surface area contributed by atoms with Gasteiger partial charge in [-0.3, -0.25) is 4.79 Å². The summed E-state index contributed by atoms with van der Waals surface area (Å²) in [4.78, 5) is 26.2. The van der Waals surface area contributed by atoms with E-state index in [4.69, 9.17) is 13.9 Å². The molecule has 1 fully saturated rings. The van der Waals surface area contributed by atoms with Crippen molar-refractivity contribution in [3.05, 3.63) is 54.0 Å². The van der Waals surface area contributed by atoms with E-state index in [1.54, 1.807) is 25.5 Å². The lowest BCUT2D eigenvalue weighted by molar-refractivity contribution is -0.154. The number of methoxy groups -OCH3 is 1. The van der Waals surface area contributed by atoms with Gasteiger partial charge in [0.05, 0.1) is 13.4 Å². The minimum absolute atomic E-state index is 0.0984. The minimum atomic E-state index is -0.632. The van der Waals surface area contributed by atoms with Crippen LogP contribution in [-0.2, 0) is 20.9 Å². The van der Waals surface area contributed by atoms with Crippen LogP contribution >= 0.6 is 11.8 Å². The zero-order valence-corrected chi connectivity index (χ0v) is 14.8. The highest BCUT2D eigenvalue weighted by molar-refractivity contribution is 7.99. The molecule has 3 rings (SSSR count). The van der Waals surface area contributed by atoms with E-state index in [0.29, 0.717) is 17.3 Å². The summed E-state index contributed by atoms with van der Waals surface area (Å²) < 4.78 is 16.1. The molecular formula is C18H19NO5S. The Morgan fingerprint density at radius 2 is 2.08 bits per heavy atom. The lowest BCUT2D eigenvalue weighted by Crippen LogP contribution is -2.42. The van der Waals surface area contributed by atoms with Crippen LogP contribution in [0.1, 0.15) is 23.6 Å². The second-order valence-electron chi connectivity index (χ2n) is 5.56. The van der Waals surface area contributed by atoms with Gasteiger partial charge < -0.3 is 18.8 Å². The molecule has 0 N–H and O–H groups in total. The first kappa shape index (κ1) is 17.4. The van der Waals surface area contributed by atoms with Crippen molar-refractivity contribution in [2.75, 3.05) is 12.9 Å². The van der Waals surface area contributed by atoms with Gasteiger partial charge in [-0.2, -0.15) is 0 Å². The number of rotatable bonds is 5. The van der Waals surface area contributed by atoms with Crippen LogP contribution in [0.15, 0.2) is 47.1 Å². The summed E-state index contributed by atoms with van der Waals surface area (Å²) in [6, 6.07) is 10.3. The molecule has 0 saturated carbocycles. The van der Waals surface area contributed by atoms with Crippen molar-refractivity contribution in [3.8, 4) is 5.75 Å². The third-order valence-corrected chi connectivity index (χ3v) is 5.27. The van der Waals surface area contributed by atoms with Gasteiger partial charge in [0, 0.05) is 18.2 Å². The quantitative estimate of drug-likeness (QED) is 0.763. The fraction of sp³-hybridized carbons (Fsp3) is 0.333. The Bertz CT molecular complexity index is 746. The smallest absolute Gasteiger partial charge is 0.330 e. The van der Waals surface area contributed by atoms with Crippen molar-refractivity contribution in [1.29, 1.82) is 0 Å². The molecule has 25 heavy (non-hydrogen) atoms. The van der Waals surface area contributed by atoms with Crippen LogP contribution in [0.25, 0.3) is 0 Å². The first-order valence-corrected chi connectivity index (χ1v) is 8.89. The number of furan rings is 1. The molecule has 1 aromatic heterocycles. The van der Waals surface area contributed by atoms with Gasteiger partial charge in [-0.05, 0) is 18.2 Å². The fourth-order valence-electron chi connectivity index (χ4n) is 2.79. The minimum Gasteiger partial charge on any atom is -0.496 e. The van der Waals surface area contributed by atoms with Crippen molar-refractivity contribution in [2.24, 2.45) is 0 Å². The second kappa shape index (κ2) is 7.65. The number of hydrogen-bond donors (Lipinski definition) is 0. The molecule has 1 aromatic carbocycles. The molecule has 132 valence electrons. The van der Waals surface area contributed by atoms with Crippen LogP contribution in [0.4, 0.5) is 0 Å². The molecule has 0 bridgehead atoms. The zero-order valence-electron chi connectivity index (χ0n) is 14.0. The molecule has 1 aliphatic heterocycles. The average Bonchev–Trinajstić information content (AvgIpc) is 3.28. The highest BCUT2D eigenvalue weighted by Crippen LogP contribution is 2.41. The molecule has 0 radical (unpaired) electrons. The van der Waals surface area contributed by atoms with Crippen LogP contribution in [0.2, 0.25) is 0 Å². The Hall–Kier alpha value is -2.41. The van der Waals surface area contributed by atoms with Gasteiger partial charge in [0.1, 0.15) is 29.5 Å². The maximum Gasteiger partial charge on any atom is 0.330 e. The van der Waals surface area contributed by atoms with Crippen LogP contribution in [-0.4, -0.2) is 35.7 Å². The van der Waals surface area contributed by atoms with Gasteiger partial charge in [-0.25, -0.2) is 4.79 Å². The molecule has 6 nitrogen and oxygen atoms in total. The Morgan fingerprint density at radius 3 is 2.76 bits per heavy atom. The van der Waals surface area contributed by atoms with E-state index in [9.17, 15) is 9.59 Å². The number of nitrogens with zero attached hydrogens (tertiary/aromatic N) is 1. The van der Waals surface area contributed by atoms with Crippen molar-refractivity contribution >= 4 is 23.6 Å². The zero-order chi connectivity index (χ0) is 17.8. The summed E-state index contributed by atoms with van der Waals surface area (Å²) in [6.07, 6.45) is 1.56. The van der Waals surface area contributed by atoms with Crippen LogP contribution in [0.5, 0.6) is 5.75 Å². The molecule has 1 aliphatic rings. The number of esters is 1. The monoisotopic (exact) mass is 361 g/mol. The first-order chi connectivity index (χ1) is 12.1. The molecule has 0 aliphatic carbocycles. The second-order valence-corrected chi connectivity index (χ2v) is 6.68. The summed E-state index contributed by atoms with van der Waals surface area (Å²) >= 11 is 1.49. The maximum atomic E-state index is 12.5. The summed E-state index contributed by atoms with van der Waals surface area (Å²) in [5.74, 6) is 1.16. The molecule has 2 atom stereocenters. The third-order valence-electron chi connectivity index (χ3n) is 3.99. The van der Waals surface area contributed by atoms with E-state index in [2.05, 4.69) is 0 Å². The van der Waals surface area contributed by atoms with Crippen LogP contribution in [0, 0.1) is 0 Å². The summed E-state index contributed by atoms with van der Waals surface area (Å²) in [6.45, 7) is 1.55. The van der Waals surface area contributed by atoms with E-state index < -0.39 is 12.0 Å². The molecular weight excluding hydrogens is 342 g/mol.